The number of nitrogens with one attached hydrogen (secondary N) is 1. The van der Waals surface area contributed by atoms with Crippen molar-refractivity contribution in [3.05, 3.63) is 58.1 Å². The van der Waals surface area contributed by atoms with Gasteiger partial charge in [0.15, 0.2) is 0 Å². The Balaban J connectivity index is 1.58. The van der Waals surface area contributed by atoms with Crippen LogP contribution in [0.3, 0.4) is 0 Å². The van der Waals surface area contributed by atoms with Gasteiger partial charge in [0.1, 0.15) is 0 Å². The van der Waals surface area contributed by atoms with E-state index >= 15 is 0 Å². The maximum Gasteiger partial charge on any atom is 0.277 e. The average molecular weight is 394 g/mol. The SMILES string of the molecule is Cc1ccc(-c2nnc(SCC(=O)Nc3ccc(Cl)cc3Cl)o2)cc1. The minimum absolute atomic E-state index is 0.120. The van der Waals surface area contributed by atoms with E-state index in [4.69, 9.17) is 27.6 Å². The van der Waals surface area contributed by atoms with Crippen molar-refractivity contribution >= 4 is 46.6 Å². The van der Waals surface area contributed by atoms with Crippen molar-refractivity contribution in [2.75, 3.05) is 11.1 Å². The average Bonchev–Trinajstić information content (AvgIpc) is 3.05. The quantitative estimate of drug-likeness (QED) is 0.611. The first-order valence-corrected chi connectivity index (χ1v) is 9.03. The van der Waals surface area contributed by atoms with E-state index in [9.17, 15) is 4.79 Å². The highest BCUT2D eigenvalue weighted by molar-refractivity contribution is 7.99. The number of aryl methyl sites for hydroxylation is 1. The number of rotatable bonds is 5. The van der Waals surface area contributed by atoms with E-state index in [1.165, 1.54) is 0 Å². The van der Waals surface area contributed by atoms with Crippen molar-refractivity contribution in [3.63, 3.8) is 0 Å². The van der Waals surface area contributed by atoms with Gasteiger partial charge in [0, 0.05) is 10.6 Å². The molecular formula is C17H13Cl2N3O2S. The summed E-state index contributed by atoms with van der Waals surface area (Å²) in [5, 5.41) is 11.9. The molecule has 0 spiro atoms. The molecule has 8 heteroatoms. The second kappa shape index (κ2) is 7.91. The Kier molecular flexibility index (Phi) is 5.63. The highest BCUT2D eigenvalue weighted by Gasteiger charge is 2.12. The molecule has 0 unspecified atom stereocenters. The molecule has 128 valence electrons. The molecule has 3 aromatic rings. The molecule has 0 saturated carbocycles. The summed E-state index contributed by atoms with van der Waals surface area (Å²) < 4.78 is 5.57. The lowest BCUT2D eigenvalue weighted by atomic mass is 10.1. The third-order valence-electron chi connectivity index (χ3n) is 3.24. The molecule has 1 amide bonds. The van der Waals surface area contributed by atoms with Gasteiger partial charge in [-0.25, -0.2) is 0 Å². The van der Waals surface area contributed by atoms with Crippen molar-refractivity contribution in [1.29, 1.82) is 0 Å². The molecule has 0 bridgehead atoms. The van der Waals surface area contributed by atoms with Crippen molar-refractivity contribution < 1.29 is 9.21 Å². The fourth-order valence-corrected chi connectivity index (χ4v) is 3.00. The predicted octanol–water partition coefficient (Wildman–Crippen LogP) is 5.08. The van der Waals surface area contributed by atoms with Crippen molar-refractivity contribution in [2.45, 2.75) is 12.1 Å². The van der Waals surface area contributed by atoms with Crippen LogP contribution in [0.25, 0.3) is 11.5 Å². The van der Waals surface area contributed by atoms with Crippen molar-refractivity contribution in [2.24, 2.45) is 0 Å². The third kappa shape index (κ3) is 4.75. The Morgan fingerprint density at radius 3 is 2.64 bits per heavy atom. The maximum absolute atomic E-state index is 12.0. The van der Waals surface area contributed by atoms with Crippen LogP contribution in [-0.2, 0) is 4.79 Å². The van der Waals surface area contributed by atoms with Gasteiger partial charge >= 0.3 is 0 Å². The van der Waals surface area contributed by atoms with E-state index in [-0.39, 0.29) is 11.7 Å². The van der Waals surface area contributed by atoms with E-state index in [1.54, 1.807) is 18.2 Å². The van der Waals surface area contributed by atoms with Crippen LogP contribution in [-0.4, -0.2) is 21.9 Å². The molecule has 2 aromatic carbocycles. The Hall–Kier alpha value is -2.02. The maximum atomic E-state index is 12.0. The predicted molar refractivity (Wildman–Crippen MR) is 100 cm³/mol. The van der Waals surface area contributed by atoms with Gasteiger partial charge in [0.05, 0.1) is 16.5 Å². The monoisotopic (exact) mass is 393 g/mol. The van der Waals surface area contributed by atoms with E-state index in [1.807, 2.05) is 31.2 Å². The molecule has 1 N–H and O–H groups in total. The molecule has 0 saturated heterocycles. The Morgan fingerprint density at radius 1 is 1.16 bits per heavy atom. The Labute approximate surface area is 158 Å². The second-order valence-corrected chi connectivity index (χ2v) is 6.97. The number of hydrogen-bond donors (Lipinski definition) is 1. The normalized spacial score (nSPS) is 10.7. The van der Waals surface area contributed by atoms with Crippen LogP contribution in [0.4, 0.5) is 5.69 Å². The molecule has 0 radical (unpaired) electrons. The van der Waals surface area contributed by atoms with Gasteiger partial charge in [-0.05, 0) is 37.3 Å². The standard InChI is InChI=1S/C17H13Cl2N3O2S/c1-10-2-4-11(5-3-10)16-21-22-17(24-16)25-9-15(23)20-14-7-6-12(18)8-13(14)19/h2-8H,9H2,1H3,(H,20,23). The molecule has 1 heterocycles. The zero-order valence-corrected chi connectivity index (χ0v) is 15.5. The largest absolute Gasteiger partial charge is 0.411 e. The van der Waals surface area contributed by atoms with Crippen LogP contribution in [0.5, 0.6) is 0 Å². The first kappa shape index (κ1) is 17.8. The summed E-state index contributed by atoms with van der Waals surface area (Å²) >= 11 is 13.0. The lowest BCUT2D eigenvalue weighted by molar-refractivity contribution is -0.113. The summed E-state index contributed by atoms with van der Waals surface area (Å²) in [5.74, 6) is 0.307. The lowest BCUT2D eigenvalue weighted by Crippen LogP contribution is -2.14. The number of thioether (sulfide) groups is 1. The van der Waals surface area contributed by atoms with E-state index in [0.717, 1.165) is 22.9 Å². The highest BCUT2D eigenvalue weighted by Crippen LogP contribution is 2.26. The fraction of sp³-hybridized carbons (Fsp3) is 0.118. The van der Waals surface area contributed by atoms with Crippen LogP contribution < -0.4 is 5.32 Å². The minimum atomic E-state index is -0.232. The summed E-state index contributed by atoms with van der Waals surface area (Å²) in [4.78, 5) is 12.0. The van der Waals surface area contributed by atoms with Gasteiger partial charge < -0.3 is 9.73 Å². The Bertz CT molecular complexity index is 897. The summed E-state index contributed by atoms with van der Waals surface area (Å²) in [6.45, 7) is 2.00. The molecule has 1 aromatic heterocycles. The fourth-order valence-electron chi connectivity index (χ4n) is 1.99. The minimum Gasteiger partial charge on any atom is -0.411 e. The van der Waals surface area contributed by atoms with E-state index in [0.29, 0.717) is 26.8 Å². The number of aromatic nitrogens is 2. The molecule has 0 aliphatic carbocycles. The van der Waals surface area contributed by atoms with Gasteiger partial charge in [-0.1, -0.05) is 52.7 Å². The summed E-state index contributed by atoms with van der Waals surface area (Å²) in [5.41, 5.74) is 2.49. The van der Waals surface area contributed by atoms with Gasteiger partial charge in [-0.2, -0.15) is 0 Å². The first-order valence-electron chi connectivity index (χ1n) is 7.29. The summed E-state index contributed by atoms with van der Waals surface area (Å²) in [6.07, 6.45) is 0. The zero-order valence-electron chi connectivity index (χ0n) is 13.1. The lowest BCUT2D eigenvalue weighted by Gasteiger charge is -2.06. The number of hydrogen-bond acceptors (Lipinski definition) is 5. The number of amides is 1. The summed E-state index contributed by atoms with van der Waals surface area (Å²) in [7, 11) is 0. The zero-order chi connectivity index (χ0) is 17.8. The molecule has 0 fully saturated rings. The highest BCUT2D eigenvalue weighted by atomic mass is 35.5. The number of anilines is 1. The van der Waals surface area contributed by atoms with E-state index in [2.05, 4.69) is 15.5 Å². The van der Waals surface area contributed by atoms with Gasteiger partial charge in [-0.15, -0.1) is 10.2 Å². The smallest absolute Gasteiger partial charge is 0.277 e. The number of halogens is 2. The number of benzene rings is 2. The molecule has 25 heavy (non-hydrogen) atoms. The van der Waals surface area contributed by atoms with Gasteiger partial charge in [0.2, 0.25) is 11.8 Å². The van der Waals surface area contributed by atoms with Crippen molar-refractivity contribution in [1.82, 2.24) is 10.2 Å². The first-order chi connectivity index (χ1) is 12.0. The van der Waals surface area contributed by atoms with Crippen LogP contribution in [0.15, 0.2) is 52.1 Å². The van der Waals surface area contributed by atoms with Crippen LogP contribution in [0.1, 0.15) is 5.56 Å². The van der Waals surface area contributed by atoms with Crippen molar-refractivity contribution in [3.8, 4) is 11.5 Å². The molecule has 5 nitrogen and oxygen atoms in total. The molecular weight excluding hydrogens is 381 g/mol. The van der Waals surface area contributed by atoms with Crippen LogP contribution >= 0.6 is 35.0 Å². The molecule has 0 aliphatic rings. The van der Waals surface area contributed by atoms with Gasteiger partial charge in [0.25, 0.3) is 5.22 Å². The number of carbonyl (C=O) groups is 1. The third-order valence-corrected chi connectivity index (χ3v) is 4.60. The topological polar surface area (TPSA) is 68.0 Å². The molecule has 0 aliphatic heterocycles. The Morgan fingerprint density at radius 2 is 1.92 bits per heavy atom. The second-order valence-electron chi connectivity index (χ2n) is 5.20. The van der Waals surface area contributed by atoms with E-state index < -0.39 is 0 Å². The van der Waals surface area contributed by atoms with Crippen LogP contribution in [0.2, 0.25) is 10.0 Å². The molecule has 3 rings (SSSR count). The number of carbonyl (C=O) groups excluding carboxylic acids is 1. The summed E-state index contributed by atoms with van der Waals surface area (Å²) in [6, 6.07) is 12.6. The van der Waals surface area contributed by atoms with Crippen LogP contribution in [0, 0.1) is 6.92 Å². The number of nitrogens with zero attached hydrogens (tertiary/aromatic N) is 2. The molecule has 0 atom stereocenters. The van der Waals surface area contributed by atoms with Gasteiger partial charge in [-0.3, -0.25) is 4.79 Å².